The summed E-state index contributed by atoms with van der Waals surface area (Å²) in [6.45, 7) is 2.36. The Bertz CT molecular complexity index is 517. The molecular formula is C13H14ClN3O. The maximum absolute atomic E-state index is 11.7. The predicted octanol–water partition coefficient (Wildman–Crippen LogP) is 2.87. The Morgan fingerprint density at radius 3 is 2.72 bits per heavy atom. The molecular weight excluding hydrogens is 250 g/mol. The zero-order valence-electron chi connectivity index (χ0n) is 10.1. The molecule has 1 heterocycles. The van der Waals surface area contributed by atoms with Gasteiger partial charge in [0.1, 0.15) is 0 Å². The molecule has 4 nitrogen and oxygen atoms in total. The SMILES string of the molecule is Cc1nn(CCC(=O)Nc2ccccc2)cc1Cl. The zero-order valence-corrected chi connectivity index (χ0v) is 10.8. The Labute approximate surface area is 111 Å². The van der Waals surface area contributed by atoms with Gasteiger partial charge >= 0.3 is 0 Å². The number of carbonyl (C=O) groups excluding carboxylic acids is 1. The fraction of sp³-hybridized carbons (Fsp3) is 0.231. The van der Waals surface area contributed by atoms with Crippen LogP contribution in [0, 0.1) is 6.92 Å². The molecule has 0 saturated heterocycles. The Hall–Kier alpha value is -1.81. The lowest BCUT2D eigenvalue weighted by molar-refractivity contribution is -0.116. The van der Waals surface area contributed by atoms with Gasteiger partial charge in [-0.3, -0.25) is 9.48 Å². The normalized spacial score (nSPS) is 10.3. The average molecular weight is 264 g/mol. The molecule has 0 aliphatic carbocycles. The van der Waals surface area contributed by atoms with Gasteiger partial charge in [-0.1, -0.05) is 29.8 Å². The number of benzene rings is 1. The Balaban J connectivity index is 1.85. The molecule has 1 aromatic heterocycles. The number of aryl methyl sites for hydroxylation is 2. The fourth-order valence-corrected chi connectivity index (χ4v) is 1.72. The number of anilines is 1. The molecule has 0 atom stereocenters. The Morgan fingerprint density at radius 2 is 2.11 bits per heavy atom. The number of hydrogen-bond acceptors (Lipinski definition) is 2. The first-order chi connectivity index (χ1) is 8.65. The second-order valence-corrected chi connectivity index (χ2v) is 4.40. The van der Waals surface area contributed by atoms with Gasteiger partial charge in [0.2, 0.25) is 5.91 Å². The van der Waals surface area contributed by atoms with Crippen LogP contribution in [0.2, 0.25) is 5.02 Å². The second kappa shape index (κ2) is 5.69. The van der Waals surface area contributed by atoms with E-state index >= 15 is 0 Å². The summed E-state index contributed by atoms with van der Waals surface area (Å²) in [5, 5.41) is 7.64. The van der Waals surface area contributed by atoms with E-state index < -0.39 is 0 Å². The van der Waals surface area contributed by atoms with Crippen LogP contribution in [-0.2, 0) is 11.3 Å². The van der Waals surface area contributed by atoms with Gasteiger partial charge < -0.3 is 5.32 Å². The molecule has 0 bridgehead atoms. The number of nitrogens with zero attached hydrogens (tertiary/aromatic N) is 2. The molecule has 0 spiro atoms. The van der Waals surface area contributed by atoms with Crippen LogP contribution in [0.4, 0.5) is 5.69 Å². The van der Waals surface area contributed by atoms with E-state index in [1.54, 1.807) is 10.9 Å². The highest BCUT2D eigenvalue weighted by atomic mass is 35.5. The van der Waals surface area contributed by atoms with Crippen LogP contribution in [-0.4, -0.2) is 15.7 Å². The first-order valence-corrected chi connectivity index (χ1v) is 6.07. The van der Waals surface area contributed by atoms with Crippen LogP contribution in [0.1, 0.15) is 12.1 Å². The number of aromatic nitrogens is 2. The lowest BCUT2D eigenvalue weighted by Gasteiger charge is -2.04. The number of hydrogen-bond donors (Lipinski definition) is 1. The summed E-state index contributed by atoms with van der Waals surface area (Å²) in [6, 6.07) is 9.38. The molecule has 18 heavy (non-hydrogen) atoms. The van der Waals surface area contributed by atoms with Gasteiger partial charge in [0.05, 0.1) is 10.7 Å². The van der Waals surface area contributed by atoms with Crippen LogP contribution in [0.5, 0.6) is 0 Å². The van der Waals surface area contributed by atoms with Gasteiger partial charge in [0, 0.05) is 24.8 Å². The molecule has 1 amide bonds. The molecule has 0 saturated carbocycles. The first-order valence-electron chi connectivity index (χ1n) is 5.69. The van der Waals surface area contributed by atoms with E-state index in [2.05, 4.69) is 10.4 Å². The molecule has 0 unspecified atom stereocenters. The second-order valence-electron chi connectivity index (χ2n) is 3.99. The molecule has 2 rings (SSSR count). The summed E-state index contributed by atoms with van der Waals surface area (Å²) in [5.74, 6) is -0.0366. The average Bonchev–Trinajstić information content (AvgIpc) is 2.68. The van der Waals surface area contributed by atoms with E-state index in [0.717, 1.165) is 11.4 Å². The Kier molecular flexibility index (Phi) is 3.99. The van der Waals surface area contributed by atoms with Crippen molar-refractivity contribution in [2.24, 2.45) is 0 Å². The highest BCUT2D eigenvalue weighted by molar-refractivity contribution is 6.31. The van der Waals surface area contributed by atoms with Crippen LogP contribution in [0.15, 0.2) is 36.5 Å². The number of amides is 1. The van der Waals surface area contributed by atoms with Crippen molar-refractivity contribution in [1.82, 2.24) is 9.78 Å². The van der Waals surface area contributed by atoms with Crippen molar-refractivity contribution in [2.45, 2.75) is 19.9 Å². The minimum absolute atomic E-state index is 0.0366. The molecule has 1 aromatic carbocycles. The number of nitrogens with one attached hydrogen (secondary N) is 1. The van der Waals surface area contributed by atoms with Gasteiger partial charge in [-0.25, -0.2) is 0 Å². The third kappa shape index (κ3) is 3.34. The van der Waals surface area contributed by atoms with Crippen molar-refractivity contribution >= 4 is 23.2 Å². The van der Waals surface area contributed by atoms with E-state index in [1.165, 1.54) is 0 Å². The van der Waals surface area contributed by atoms with Crippen molar-refractivity contribution in [3.05, 3.63) is 47.2 Å². The molecule has 0 aliphatic rings. The topological polar surface area (TPSA) is 46.9 Å². The maximum Gasteiger partial charge on any atom is 0.226 e. The van der Waals surface area contributed by atoms with Crippen LogP contribution < -0.4 is 5.32 Å². The molecule has 0 aliphatic heterocycles. The summed E-state index contributed by atoms with van der Waals surface area (Å²) in [5.41, 5.74) is 1.58. The van der Waals surface area contributed by atoms with Crippen LogP contribution in [0.3, 0.4) is 0 Å². The number of para-hydroxylation sites is 1. The first kappa shape index (κ1) is 12.6. The zero-order chi connectivity index (χ0) is 13.0. The molecule has 0 fully saturated rings. The predicted molar refractivity (Wildman–Crippen MR) is 71.7 cm³/mol. The van der Waals surface area contributed by atoms with Gasteiger partial charge in [0.15, 0.2) is 0 Å². The van der Waals surface area contributed by atoms with Gasteiger partial charge in [-0.05, 0) is 19.1 Å². The van der Waals surface area contributed by atoms with Crippen molar-refractivity contribution in [2.75, 3.05) is 5.32 Å². The number of carbonyl (C=O) groups is 1. The van der Waals surface area contributed by atoms with E-state index in [0.29, 0.717) is 18.0 Å². The highest BCUT2D eigenvalue weighted by Gasteiger charge is 2.05. The van der Waals surface area contributed by atoms with Gasteiger partial charge in [-0.2, -0.15) is 5.10 Å². The molecule has 0 radical (unpaired) electrons. The van der Waals surface area contributed by atoms with E-state index in [-0.39, 0.29) is 5.91 Å². The number of halogens is 1. The quantitative estimate of drug-likeness (QED) is 0.922. The smallest absolute Gasteiger partial charge is 0.226 e. The molecule has 1 N–H and O–H groups in total. The largest absolute Gasteiger partial charge is 0.326 e. The highest BCUT2D eigenvalue weighted by Crippen LogP contribution is 2.12. The number of rotatable bonds is 4. The van der Waals surface area contributed by atoms with E-state index in [9.17, 15) is 4.79 Å². The maximum atomic E-state index is 11.7. The van der Waals surface area contributed by atoms with Gasteiger partial charge in [-0.15, -0.1) is 0 Å². The monoisotopic (exact) mass is 263 g/mol. The lowest BCUT2D eigenvalue weighted by atomic mass is 10.3. The van der Waals surface area contributed by atoms with Gasteiger partial charge in [0.25, 0.3) is 0 Å². The van der Waals surface area contributed by atoms with Crippen molar-refractivity contribution < 1.29 is 4.79 Å². The molecule has 5 heteroatoms. The third-order valence-electron chi connectivity index (χ3n) is 2.51. The molecule has 2 aromatic rings. The minimum atomic E-state index is -0.0366. The van der Waals surface area contributed by atoms with Crippen LogP contribution >= 0.6 is 11.6 Å². The summed E-state index contributed by atoms with van der Waals surface area (Å²) in [7, 11) is 0. The third-order valence-corrected chi connectivity index (χ3v) is 2.88. The van der Waals surface area contributed by atoms with Crippen LogP contribution in [0.25, 0.3) is 0 Å². The van der Waals surface area contributed by atoms with Crippen molar-refractivity contribution in [1.29, 1.82) is 0 Å². The van der Waals surface area contributed by atoms with Crippen molar-refractivity contribution in [3.8, 4) is 0 Å². The summed E-state index contributed by atoms with van der Waals surface area (Å²) in [4.78, 5) is 11.7. The minimum Gasteiger partial charge on any atom is -0.326 e. The summed E-state index contributed by atoms with van der Waals surface area (Å²) < 4.78 is 1.68. The summed E-state index contributed by atoms with van der Waals surface area (Å²) >= 11 is 5.89. The Morgan fingerprint density at radius 1 is 1.39 bits per heavy atom. The standard InChI is InChI=1S/C13H14ClN3O/c1-10-12(14)9-17(16-10)8-7-13(18)15-11-5-3-2-4-6-11/h2-6,9H,7-8H2,1H3,(H,15,18). The lowest BCUT2D eigenvalue weighted by Crippen LogP contribution is -2.14. The van der Waals surface area contributed by atoms with E-state index in [4.69, 9.17) is 11.6 Å². The molecule has 94 valence electrons. The fourth-order valence-electron chi connectivity index (χ4n) is 1.57. The van der Waals surface area contributed by atoms with E-state index in [1.807, 2.05) is 37.3 Å². The summed E-state index contributed by atoms with van der Waals surface area (Å²) in [6.07, 6.45) is 2.10. The van der Waals surface area contributed by atoms with Crippen molar-refractivity contribution in [3.63, 3.8) is 0 Å².